The largest absolute Gasteiger partial charge is 0.273 e. The number of hydrogen-bond acceptors (Lipinski definition) is 3. The first-order valence-corrected chi connectivity index (χ1v) is 6.82. The molecule has 1 heterocycles. The van der Waals surface area contributed by atoms with Crippen molar-refractivity contribution in [3.63, 3.8) is 0 Å². The van der Waals surface area contributed by atoms with E-state index < -0.39 is 0 Å². The van der Waals surface area contributed by atoms with Crippen LogP contribution in [0.3, 0.4) is 0 Å². The molecule has 3 N–H and O–H groups in total. The fourth-order valence-electron chi connectivity index (χ4n) is 1.91. The van der Waals surface area contributed by atoms with Gasteiger partial charge in [0.1, 0.15) is 0 Å². The van der Waals surface area contributed by atoms with Crippen LogP contribution in [0.25, 0.3) is 0 Å². The van der Waals surface area contributed by atoms with Gasteiger partial charge in [-0.2, -0.15) is 5.10 Å². The second kappa shape index (κ2) is 6.39. The van der Waals surface area contributed by atoms with Crippen molar-refractivity contribution in [1.82, 2.24) is 15.2 Å². The number of halogens is 2. The molecule has 1 aromatic carbocycles. The normalized spacial score (nSPS) is 12.6. The average Bonchev–Trinajstić information content (AvgIpc) is 2.86. The molecule has 0 aliphatic rings. The van der Waals surface area contributed by atoms with Gasteiger partial charge in [0, 0.05) is 28.4 Å². The van der Waals surface area contributed by atoms with E-state index in [4.69, 9.17) is 29.0 Å². The van der Waals surface area contributed by atoms with Crippen molar-refractivity contribution in [3.05, 3.63) is 51.8 Å². The standard InChI is InChI=1S/C13H16Cl2N4/c1-2-19-8-10(7-17-19)13(18-16)5-9-3-4-11(14)6-12(9)15/h3-4,6-8,13,18H,2,5,16H2,1H3. The Morgan fingerprint density at radius 2 is 2.21 bits per heavy atom. The summed E-state index contributed by atoms with van der Waals surface area (Å²) in [5.41, 5.74) is 4.84. The topological polar surface area (TPSA) is 55.9 Å². The van der Waals surface area contributed by atoms with Gasteiger partial charge in [-0.15, -0.1) is 0 Å². The molecule has 1 aromatic heterocycles. The van der Waals surface area contributed by atoms with Crippen LogP contribution in [0.2, 0.25) is 10.0 Å². The number of nitrogens with two attached hydrogens (primary N) is 1. The lowest BCUT2D eigenvalue weighted by molar-refractivity contribution is 0.550. The summed E-state index contributed by atoms with van der Waals surface area (Å²) in [6, 6.07) is 5.45. The molecule has 2 rings (SSSR count). The average molecular weight is 299 g/mol. The molecule has 1 unspecified atom stereocenters. The van der Waals surface area contributed by atoms with Gasteiger partial charge in [-0.05, 0) is 31.0 Å². The lowest BCUT2D eigenvalue weighted by atomic mass is 10.0. The van der Waals surface area contributed by atoms with E-state index in [0.29, 0.717) is 16.5 Å². The summed E-state index contributed by atoms with van der Waals surface area (Å²) in [6.45, 7) is 2.87. The van der Waals surface area contributed by atoms with Gasteiger partial charge in [-0.1, -0.05) is 29.3 Å². The van der Waals surface area contributed by atoms with E-state index in [1.165, 1.54) is 0 Å². The summed E-state index contributed by atoms with van der Waals surface area (Å²) in [5.74, 6) is 5.63. The van der Waals surface area contributed by atoms with Crippen molar-refractivity contribution >= 4 is 23.2 Å². The summed E-state index contributed by atoms with van der Waals surface area (Å²) in [5, 5.41) is 5.53. The van der Waals surface area contributed by atoms with Crippen LogP contribution in [0.15, 0.2) is 30.6 Å². The Morgan fingerprint density at radius 1 is 1.42 bits per heavy atom. The van der Waals surface area contributed by atoms with Gasteiger partial charge >= 0.3 is 0 Å². The van der Waals surface area contributed by atoms with Crippen LogP contribution in [0.5, 0.6) is 0 Å². The number of nitrogens with zero attached hydrogens (tertiary/aromatic N) is 2. The zero-order chi connectivity index (χ0) is 13.8. The molecule has 0 spiro atoms. The first-order valence-electron chi connectivity index (χ1n) is 6.06. The van der Waals surface area contributed by atoms with Crippen LogP contribution in [-0.2, 0) is 13.0 Å². The summed E-state index contributed by atoms with van der Waals surface area (Å²) >= 11 is 12.1. The number of benzene rings is 1. The van der Waals surface area contributed by atoms with E-state index in [1.54, 1.807) is 6.07 Å². The van der Waals surface area contributed by atoms with E-state index in [9.17, 15) is 0 Å². The van der Waals surface area contributed by atoms with Crippen molar-refractivity contribution < 1.29 is 0 Å². The Labute approximate surface area is 122 Å². The maximum Gasteiger partial charge on any atom is 0.0538 e. The van der Waals surface area contributed by atoms with Crippen LogP contribution < -0.4 is 11.3 Å². The highest BCUT2D eigenvalue weighted by molar-refractivity contribution is 6.35. The Hall–Kier alpha value is -1.07. The summed E-state index contributed by atoms with van der Waals surface area (Å²) in [4.78, 5) is 0. The monoisotopic (exact) mass is 298 g/mol. The molecule has 19 heavy (non-hydrogen) atoms. The molecule has 0 radical (unpaired) electrons. The van der Waals surface area contributed by atoms with Crippen LogP contribution in [0.4, 0.5) is 0 Å². The third kappa shape index (κ3) is 3.48. The van der Waals surface area contributed by atoms with Crippen molar-refractivity contribution in [3.8, 4) is 0 Å². The fourth-order valence-corrected chi connectivity index (χ4v) is 2.40. The van der Waals surface area contributed by atoms with Crippen molar-refractivity contribution in [2.45, 2.75) is 25.9 Å². The number of hydrazine groups is 1. The summed E-state index contributed by atoms with van der Waals surface area (Å²) < 4.78 is 1.86. The predicted octanol–water partition coefficient (Wildman–Crippen LogP) is 2.96. The molecular weight excluding hydrogens is 283 g/mol. The smallest absolute Gasteiger partial charge is 0.0538 e. The molecule has 0 fully saturated rings. The maximum atomic E-state index is 6.18. The fraction of sp³-hybridized carbons (Fsp3) is 0.308. The molecule has 6 heteroatoms. The molecule has 4 nitrogen and oxygen atoms in total. The van der Waals surface area contributed by atoms with Gasteiger partial charge in [0.15, 0.2) is 0 Å². The molecule has 0 aliphatic carbocycles. The molecule has 1 atom stereocenters. The minimum Gasteiger partial charge on any atom is -0.273 e. The SMILES string of the molecule is CCn1cc(C(Cc2ccc(Cl)cc2Cl)NN)cn1. The van der Waals surface area contributed by atoms with Gasteiger partial charge < -0.3 is 0 Å². The Morgan fingerprint density at radius 3 is 2.79 bits per heavy atom. The lowest BCUT2D eigenvalue weighted by Crippen LogP contribution is -2.29. The van der Waals surface area contributed by atoms with E-state index >= 15 is 0 Å². The number of aromatic nitrogens is 2. The van der Waals surface area contributed by atoms with Gasteiger partial charge in [0.2, 0.25) is 0 Å². The van der Waals surface area contributed by atoms with Crippen LogP contribution >= 0.6 is 23.2 Å². The van der Waals surface area contributed by atoms with Crippen LogP contribution in [0, 0.1) is 0 Å². The molecule has 0 bridgehead atoms. The lowest BCUT2D eigenvalue weighted by Gasteiger charge is -2.15. The molecule has 0 saturated carbocycles. The number of rotatable bonds is 5. The highest BCUT2D eigenvalue weighted by Gasteiger charge is 2.14. The van der Waals surface area contributed by atoms with Crippen molar-refractivity contribution in [2.75, 3.05) is 0 Å². The highest BCUT2D eigenvalue weighted by Crippen LogP contribution is 2.25. The third-order valence-electron chi connectivity index (χ3n) is 3.02. The first kappa shape index (κ1) is 14.3. The minimum absolute atomic E-state index is 0.0287. The van der Waals surface area contributed by atoms with Gasteiger partial charge in [-0.25, -0.2) is 0 Å². The zero-order valence-electron chi connectivity index (χ0n) is 10.6. The molecule has 102 valence electrons. The van der Waals surface area contributed by atoms with Gasteiger partial charge in [-0.3, -0.25) is 16.0 Å². The molecule has 2 aromatic rings. The Balaban J connectivity index is 2.18. The zero-order valence-corrected chi connectivity index (χ0v) is 12.1. The summed E-state index contributed by atoms with van der Waals surface area (Å²) in [6.07, 6.45) is 4.48. The van der Waals surface area contributed by atoms with Gasteiger partial charge in [0.05, 0.1) is 12.2 Å². The molecule has 0 amide bonds. The second-order valence-corrected chi connectivity index (χ2v) is 5.13. The van der Waals surface area contributed by atoms with Crippen LogP contribution in [0.1, 0.15) is 24.1 Å². The quantitative estimate of drug-likeness (QED) is 0.659. The third-order valence-corrected chi connectivity index (χ3v) is 3.61. The second-order valence-electron chi connectivity index (χ2n) is 4.29. The van der Waals surface area contributed by atoms with Crippen LogP contribution in [-0.4, -0.2) is 9.78 Å². The minimum atomic E-state index is -0.0287. The maximum absolute atomic E-state index is 6.18. The number of nitrogens with one attached hydrogen (secondary N) is 1. The van der Waals surface area contributed by atoms with Gasteiger partial charge in [0.25, 0.3) is 0 Å². The Bertz CT molecular complexity index is 553. The molecular formula is C13H16Cl2N4. The van der Waals surface area contributed by atoms with E-state index in [0.717, 1.165) is 17.7 Å². The number of hydrogen-bond donors (Lipinski definition) is 2. The number of aryl methyl sites for hydroxylation is 1. The van der Waals surface area contributed by atoms with Crippen molar-refractivity contribution in [1.29, 1.82) is 0 Å². The summed E-state index contributed by atoms with van der Waals surface area (Å²) in [7, 11) is 0. The first-order chi connectivity index (χ1) is 9.13. The van der Waals surface area contributed by atoms with Crippen molar-refractivity contribution in [2.24, 2.45) is 5.84 Å². The highest BCUT2D eigenvalue weighted by atomic mass is 35.5. The van der Waals surface area contributed by atoms with E-state index in [1.807, 2.05) is 36.1 Å². The predicted molar refractivity (Wildman–Crippen MR) is 78.1 cm³/mol. The van der Waals surface area contributed by atoms with E-state index in [2.05, 4.69) is 10.5 Å². The van der Waals surface area contributed by atoms with E-state index in [-0.39, 0.29) is 6.04 Å². The molecule has 0 aliphatic heterocycles. The Kier molecular flexibility index (Phi) is 4.82. The molecule has 0 saturated heterocycles.